The molecule has 0 saturated carbocycles. The topological polar surface area (TPSA) is 69.6 Å². The molecule has 1 rings (SSSR count). The maximum atomic E-state index is 11.2. The fourth-order valence-electron chi connectivity index (χ4n) is 0.927. The third-order valence-corrected chi connectivity index (χ3v) is 2.85. The first-order valence-electron chi connectivity index (χ1n) is 4.20. The Morgan fingerprint density at radius 1 is 1.38 bits per heavy atom. The summed E-state index contributed by atoms with van der Waals surface area (Å²) >= 11 is 17.1. The number of halogens is 3. The first kappa shape index (κ1) is 13.4. The number of hydrogen-bond acceptors (Lipinski definition) is 3. The van der Waals surface area contributed by atoms with Crippen molar-refractivity contribution in [3.8, 4) is 5.75 Å². The van der Waals surface area contributed by atoms with E-state index in [0.717, 1.165) is 0 Å². The Hall–Kier alpha value is -0.680. The first-order chi connectivity index (χ1) is 7.34. The lowest BCUT2D eigenvalue weighted by Gasteiger charge is -2.12. The number of phenols is 1. The summed E-state index contributed by atoms with van der Waals surface area (Å²) in [5, 5.41) is 20.8. The highest BCUT2D eigenvalue weighted by molar-refractivity contribution is 6.46. The van der Waals surface area contributed by atoms with E-state index >= 15 is 0 Å². The first-order valence-corrected chi connectivity index (χ1v) is 5.33. The molecule has 16 heavy (non-hydrogen) atoms. The van der Waals surface area contributed by atoms with E-state index < -0.39 is 17.8 Å². The lowest BCUT2D eigenvalue weighted by molar-refractivity contribution is -0.123. The van der Waals surface area contributed by atoms with Gasteiger partial charge in [0.05, 0.1) is 15.1 Å². The van der Waals surface area contributed by atoms with Gasteiger partial charge >= 0.3 is 0 Å². The highest BCUT2D eigenvalue weighted by Gasteiger charge is 2.18. The molecule has 3 N–H and O–H groups in total. The second-order valence-corrected chi connectivity index (χ2v) is 4.24. The molecule has 88 valence electrons. The summed E-state index contributed by atoms with van der Waals surface area (Å²) in [5.41, 5.74) is -0.120. The van der Waals surface area contributed by atoms with E-state index in [-0.39, 0.29) is 20.8 Å². The van der Waals surface area contributed by atoms with Crippen LogP contribution in [0.2, 0.25) is 15.1 Å². The number of carbonyl (C=O) groups excluding carboxylic acids is 1. The van der Waals surface area contributed by atoms with Crippen molar-refractivity contribution in [1.29, 1.82) is 0 Å². The second kappa shape index (κ2) is 5.10. The summed E-state index contributed by atoms with van der Waals surface area (Å²) in [5.74, 6) is -1.12. The van der Waals surface area contributed by atoms with Crippen LogP contribution >= 0.6 is 34.8 Å². The van der Waals surface area contributed by atoms with Gasteiger partial charge in [0, 0.05) is 0 Å². The fraction of sp³-hybridized carbons (Fsp3) is 0.222. The van der Waals surface area contributed by atoms with Gasteiger partial charge in [-0.05, 0) is 13.0 Å². The maximum absolute atomic E-state index is 11.2. The van der Waals surface area contributed by atoms with Crippen molar-refractivity contribution >= 4 is 46.4 Å². The molecule has 0 spiro atoms. The van der Waals surface area contributed by atoms with Gasteiger partial charge in [-0.15, -0.1) is 0 Å². The van der Waals surface area contributed by atoms with Crippen molar-refractivity contribution in [2.45, 2.75) is 13.0 Å². The SMILES string of the molecule is CC(O)C(=O)Nc1c(O)c(Cl)cc(Cl)c1Cl. The second-order valence-electron chi connectivity index (χ2n) is 3.04. The molecule has 1 amide bonds. The number of amides is 1. The zero-order valence-electron chi connectivity index (χ0n) is 8.09. The number of benzene rings is 1. The van der Waals surface area contributed by atoms with Crippen LogP contribution in [0.4, 0.5) is 5.69 Å². The van der Waals surface area contributed by atoms with E-state index in [1.165, 1.54) is 13.0 Å². The molecule has 0 aromatic heterocycles. The summed E-state index contributed by atoms with van der Waals surface area (Å²) in [4.78, 5) is 11.2. The third-order valence-electron chi connectivity index (χ3n) is 1.77. The molecule has 0 aliphatic carbocycles. The van der Waals surface area contributed by atoms with Crippen LogP contribution in [0.15, 0.2) is 6.07 Å². The van der Waals surface area contributed by atoms with Crippen LogP contribution in [-0.2, 0) is 4.79 Å². The molecule has 0 heterocycles. The van der Waals surface area contributed by atoms with Crippen molar-refractivity contribution in [2.75, 3.05) is 5.32 Å². The van der Waals surface area contributed by atoms with Crippen LogP contribution < -0.4 is 5.32 Å². The quantitative estimate of drug-likeness (QED) is 0.577. The van der Waals surface area contributed by atoms with E-state index in [0.29, 0.717) is 0 Å². The summed E-state index contributed by atoms with van der Waals surface area (Å²) < 4.78 is 0. The minimum Gasteiger partial charge on any atom is -0.504 e. The highest BCUT2D eigenvalue weighted by atomic mass is 35.5. The fourth-order valence-corrected chi connectivity index (χ4v) is 1.58. The van der Waals surface area contributed by atoms with Crippen LogP contribution in [0.3, 0.4) is 0 Å². The monoisotopic (exact) mass is 283 g/mol. The van der Waals surface area contributed by atoms with E-state index in [9.17, 15) is 9.90 Å². The molecular weight excluding hydrogens is 276 g/mol. The molecule has 1 unspecified atom stereocenters. The van der Waals surface area contributed by atoms with Crippen molar-refractivity contribution < 1.29 is 15.0 Å². The van der Waals surface area contributed by atoms with Crippen LogP contribution in [-0.4, -0.2) is 22.2 Å². The number of aliphatic hydroxyl groups excluding tert-OH is 1. The van der Waals surface area contributed by atoms with Crippen LogP contribution in [0.5, 0.6) is 5.75 Å². The summed E-state index contributed by atoms with van der Waals surface area (Å²) in [6.07, 6.45) is -1.24. The molecule has 7 heteroatoms. The van der Waals surface area contributed by atoms with Crippen LogP contribution in [0.1, 0.15) is 6.92 Å². The Morgan fingerprint density at radius 3 is 2.44 bits per heavy atom. The largest absolute Gasteiger partial charge is 0.504 e. The summed E-state index contributed by atoms with van der Waals surface area (Å²) in [6.45, 7) is 1.27. The van der Waals surface area contributed by atoms with Gasteiger partial charge in [-0.3, -0.25) is 4.79 Å². The molecule has 0 saturated heterocycles. The lowest BCUT2D eigenvalue weighted by atomic mass is 10.2. The average Bonchev–Trinajstić information content (AvgIpc) is 2.21. The van der Waals surface area contributed by atoms with Gasteiger partial charge in [-0.2, -0.15) is 0 Å². The predicted octanol–water partition coefficient (Wildman–Crippen LogP) is 2.67. The minimum absolute atomic E-state index is 0.0439. The lowest BCUT2D eigenvalue weighted by Crippen LogP contribution is -2.24. The number of phenolic OH excluding ortho intramolecular Hbond substituents is 1. The van der Waals surface area contributed by atoms with Crippen molar-refractivity contribution in [2.24, 2.45) is 0 Å². The molecule has 1 atom stereocenters. The molecule has 4 nitrogen and oxygen atoms in total. The van der Waals surface area contributed by atoms with Gasteiger partial charge in [0.15, 0.2) is 5.75 Å². The maximum Gasteiger partial charge on any atom is 0.253 e. The molecule has 0 fully saturated rings. The third kappa shape index (κ3) is 2.71. The number of aromatic hydroxyl groups is 1. The van der Waals surface area contributed by atoms with Gasteiger partial charge in [0.2, 0.25) is 0 Å². The standard InChI is InChI=1S/C9H8Cl3NO3/c1-3(14)9(16)13-7-6(12)4(10)2-5(11)8(7)15/h2-3,14-15H,1H3,(H,13,16). The molecule has 1 aromatic carbocycles. The Labute approximate surface area is 107 Å². The van der Waals surface area contributed by atoms with E-state index in [2.05, 4.69) is 5.32 Å². The Kier molecular flexibility index (Phi) is 4.27. The van der Waals surface area contributed by atoms with E-state index in [4.69, 9.17) is 39.9 Å². The minimum atomic E-state index is -1.24. The molecule has 1 aromatic rings. The predicted molar refractivity (Wildman–Crippen MR) is 63.4 cm³/mol. The number of carbonyl (C=O) groups is 1. The molecule has 0 radical (unpaired) electrons. The number of hydrogen-bond donors (Lipinski definition) is 3. The van der Waals surface area contributed by atoms with Crippen molar-refractivity contribution in [3.63, 3.8) is 0 Å². The zero-order chi connectivity index (χ0) is 12.5. The van der Waals surface area contributed by atoms with Gasteiger partial charge in [0.1, 0.15) is 11.8 Å². The normalized spacial score (nSPS) is 12.3. The Morgan fingerprint density at radius 2 is 1.94 bits per heavy atom. The highest BCUT2D eigenvalue weighted by Crippen LogP contribution is 2.42. The zero-order valence-corrected chi connectivity index (χ0v) is 10.4. The van der Waals surface area contributed by atoms with Gasteiger partial charge in [-0.1, -0.05) is 34.8 Å². The van der Waals surface area contributed by atoms with E-state index in [1.54, 1.807) is 0 Å². The average molecular weight is 285 g/mol. The Balaban J connectivity index is 3.18. The molecule has 0 aliphatic rings. The van der Waals surface area contributed by atoms with Gasteiger partial charge in [0.25, 0.3) is 5.91 Å². The number of nitrogens with one attached hydrogen (secondary N) is 1. The molecule has 0 aliphatic heterocycles. The molecular formula is C9H8Cl3NO3. The van der Waals surface area contributed by atoms with Crippen molar-refractivity contribution in [1.82, 2.24) is 0 Å². The number of aliphatic hydroxyl groups is 1. The van der Waals surface area contributed by atoms with Gasteiger partial charge < -0.3 is 15.5 Å². The van der Waals surface area contributed by atoms with Crippen LogP contribution in [0, 0.1) is 0 Å². The van der Waals surface area contributed by atoms with Crippen molar-refractivity contribution in [3.05, 3.63) is 21.1 Å². The van der Waals surface area contributed by atoms with Gasteiger partial charge in [-0.25, -0.2) is 0 Å². The molecule has 0 bridgehead atoms. The smallest absolute Gasteiger partial charge is 0.253 e. The van der Waals surface area contributed by atoms with Crippen LogP contribution in [0.25, 0.3) is 0 Å². The summed E-state index contributed by atoms with van der Waals surface area (Å²) in [6, 6.07) is 1.25. The number of anilines is 1. The summed E-state index contributed by atoms with van der Waals surface area (Å²) in [7, 11) is 0. The Bertz CT molecular complexity index is 408. The number of rotatable bonds is 2. The van der Waals surface area contributed by atoms with E-state index in [1.807, 2.05) is 0 Å².